The smallest absolute Gasteiger partial charge is 0.317 e. The summed E-state index contributed by atoms with van der Waals surface area (Å²) in [7, 11) is 0. The molecular formula is C18H28N4O2. The minimum atomic E-state index is 0.0187. The van der Waals surface area contributed by atoms with Crippen molar-refractivity contribution in [2.24, 2.45) is 0 Å². The summed E-state index contributed by atoms with van der Waals surface area (Å²) >= 11 is 0. The zero-order valence-electron chi connectivity index (χ0n) is 14.5. The first-order valence-corrected chi connectivity index (χ1v) is 9.11. The van der Waals surface area contributed by atoms with Gasteiger partial charge < -0.3 is 15.0 Å². The highest BCUT2D eigenvalue weighted by Crippen LogP contribution is 2.20. The molecule has 0 aliphatic carbocycles. The molecule has 6 heteroatoms. The molecular weight excluding hydrogens is 304 g/mol. The summed E-state index contributed by atoms with van der Waals surface area (Å²) in [4.78, 5) is 21.3. The fourth-order valence-corrected chi connectivity index (χ4v) is 3.65. The fraction of sp³-hybridized carbons (Fsp3) is 0.667. The summed E-state index contributed by atoms with van der Waals surface area (Å²) in [6.45, 7) is 7.03. The van der Waals surface area contributed by atoms with E-state index >= 15 is 0 Å². The molecule has 132 valence electrons. The van der Waals surface area contributed by atoms with Crippen LogP contribution in [0.1, 0.15) is 38.2 Å². The van der Waals surface area contributed by atoms with Crippen molar-refractivity contribution in [1.82, 2.24) is 20.1 Å². The van der Waals surface area contributed by atoms with Crippen LogP contribution in [-0.4, -0.2) is 59.6 Å². The number of ether oxygens (including phenoxy) is 1. The third-order valence-electron chi connectivity index (χ3n) is 4.90. The monoisotopic (exact) mass is 332 g/mol. The molecule has 1 aromatic heterocycles. The number of amides is 2. The van der Waals surface area contributed by atoms with E-state index in [1.54, 1.807) is 6.20 Å². The zero-order chi connectivity index (χ0) is 16.8. The van der Waals surface area contributed by atoms with Crippen LogP contribution in [0.2, 0.25) is 0 Å². The second-order valence-corrected chi connectivity index (χ2v) is 6.54. The lowest BCUT2D eigenvalue weighted by Crippen LogP contribution is -2.51. The molecule has 3 rings (SSSR count). The Labute approximate surface area is 144 Å². The van der Waals surface area contributed by atoms with Gasteiger partial charge in [-0.25, -0.2) is 9.78 Å². The van der Waals surface area contributed by atoms with Crippen molar-refractivity contribution in [3.05, 3.63) is 23.9 Å². The maximum Gasteiger partial charge on any atom is 0.317 e. The molecule has 0 aromatic carbocycles. The molecule has 0 saturated carbocycles. The van der Waals surface area contributed by atoms with Crippen LogP contribution < -0.4 is 10.1 Å². The second-order valence-electron chi connectivity index (χ2n) is 6.54. The number of hydrogen-bond acceptors (Lipinski definition) is 4. The number of aromatic nitrogens is 1. The number of urea groups is 1. The van der Waals surface area contributed by atoms with E-state index in [9.17, 15) is 4.79 Å². The lowest BCUT2D eigenvalue weighted by Gasteiger charge is -2.37. The zero-order valence-corrected chi connectivity index (χ0v) is 14.5. The fourth-order valence-electron chi connectivity index (χ4n) is 3.65. The Balaban J connectivity index is 1.53. The van der Waals surface area contributed by atoms with Gasteiger partial charge in [0.15, 0.2) is 0 Å². The molecule has 0 spiro atoms. The van der Waals surface area contributed by atoms with Gasteiger partial charge in [-0.3, -0.25) is 4.90 Å². The van der Waals surface area contributed by atoms with Gasteiger partial charge in [0.2, 0.25) is 5.88 Å². The van der Waals surface area contributed by atoms with Gasteiger partial charge in [-0.1, -0.05) is 6.07 Å². The van der Waals surface area contributed by atoms with Crippen LogP contribution in [0, 0.1) is 0 Å². The second kappa shape index (κ2) is 8.33. The minimum Gasteiger partial charge on any atom is -0.478 e. The predicted octanol–water partition coefficient (Wildman–Crippen LogP) is 2.25. The Morgan fingerprint density at radius 2 is 2.17 bits per heavy atom. The predicted molar refractivity (Wildman–Crippen MR) is 93.0 cm³/mol. The van der Waals surface area contributed by atoms with Gasteiger partial charge in [-0.2, -0.15) is 0 Å². The van der Waals surface area contributed by atoms with Gasteiger partial charge in [-0.05, 0) is 51.8 Å². The SMILES string of the molecule is CCOc1ncccc1CNC(=O)N1CCCC(N2CCCC2)C1. The summed E-state index contributed by atoms with van der Waals surface area (Å²) in [5.41, 5.74) is 0.917. The van der Waals surface area contributed by atoms with Gasteiger partial charge >= 0.3 is 6.03 Å². The largest absolute Gasteiger partial charge is 0.478 e. The number of nitrogens with one attached hydrogen (secondary N) is 1. The maximum atomic E-state index is 12.5. The molecule has 2 aliphatic heterocycles. The minimum absolute atomic E-state index is 0.0187. The van der Waals surface area contributed by atoms with Crippen molar-refractivity contribution in [2.75, 3.05) is 32.8 Å². The molecule has 1 aromatic rings. The van der Waals surface area contributed by atoms with E-state index in [1.165, 1.54) is 32.4 Å². The Kier molecular flexibility index (Phi) is 5.91. The highest BCUT2D eigenvalue weighted by atomic mass is 16.5. The van der Waals surface area contributed by atoms with Crippen LogP contribution in [0.3, 0.4) is 0 Å². The van der Waals surface area contributed by atoms with Crippen LogP contribution in [0.4, 0.5) is 4.79 Å². The van der Waals surface area contributed by atoms with Crippen LogP contribution in [0.5, 0.6) is 5.88 Å². The number of hydrogen-bond donors (Lipinski definition) is 1. The van der Waals surface area contributed by atoms with Gasteiger partial charge in [0.25, 0.3) is 0 Å². The number of rotatable bonds is 5. The lowest BCUT2D eigenvalue weighted by atomic mass is 10.0. The van der Waals surface area contributed by atoms with Gasteiger partial charge in [0.1, 0.15) is 0 Å². The highest BCUT2D eigenvalue weighted by Gasteiger charge is 2.29. The molecule has 0 bridgehead atoms. The van der Waals surface area contributed by atoms with Crippen LogP contribution >= 0.6 is 0 Å². The third kappa shape index (κ3) is 4.17. The quantitative estimate of drug-likeness (QED) is 0.898. The number of carbonyl (C=O) groups excluding carboxylic acids is 1. The Morgan fingerprint density at radius 1 is 1.33 bits per heavy atom. The molecule has 2 amide bonds. The van der Waals surface area contributed by atoms with Gasteiger partial charge in [0.05, 0.1) is 6.61 Å². The van der Waals surface area contributed by atoms with Crippen molar-refractivity contribution < 1.29 is 9.53 Å². The summed E-state index contributed by atoms with van der Waals surface area (Å²) in [5, 5.41) is 3.03. The van der Waals surface area contributed by atoms with Crippen molar-refractivity contribution in [3.63, 3.8) is 0 Å². The molecule has 2 fully saturated rings. The molecule has 1 N–H and O–H groups in total. The number of carbonyl (C=O) groups is 1. The number of pyridine rings is 1. The van der Waals surface area contributed by atoms with E-state index in [4.69, 9.17) is 4.74 Å². The van der Waals surface area contributed by atoms with Crippen molar-refractivity contribution >= 4 is 6.03 Å². The molecule has 1 unspecified atom stereocenters. The van der Waals surface area contributed by atoms with E-state index in [0.717, 1.165) is 25.1 Å². The summed E-state index contributed by atoms with van der Waals surface area (Å²) in [6, 6.07) is 4.37. The van der Waals surface area contributed by atoms with Crippen molar-refractivity contribution in [3.8, 4) is 5.88 Å². The van der Waals surface area contributed by atoms with E-state index in [0.29, 0.717) is 25.1 Å². The average Bonchev–Trinajstić information content (AvgIpc) is 3.16. The third-order valence-corrected chi connectivity index (χ3v) is 4.90. The summed E-state index contributed by atoms with van der Waals surface area (Å²) in [6.07, 6.45) is 6.60. The Hall–Kier alpha value is -1.82. The van der Waals surface area contributed by atoms with E-state index < -0.39 is 0 Å². The normalized spacial score (nSPS) is 21.7. The van der Waals surface area contributed by atoms with Crippen LogP contribution in [0.25, 0.3) is 0 Å². The number of likely N-dealkylation sites (tertiary alicyclic amines) is 2. The molecule has 2 saturated heterocycles. The molecule has 3 heterocycles. The van der Waals surface area contributed by atoms with E-state index in [-0.39, 0.29) is 6.03 Å². The molecule has 1 atom stereocenters. The number of piperidine rings is 1. The summed E-state index contributed by atoms with van der Waals surface area (Å²) < 4.78 is 5.52. The molecule has 6 nitrogen and oxygen atoms in total. The highest BCUT2D eigenvalue weighted by molar-refractivity contribution is 5.74. The standard InChI is InChI=1S/C18H28N4O2/c1-2-24-17-15(7-5-9-19-17)13-20-18(23)22-12-6-8-16(14-22)21-10-3-4-11-21/h5,7,9,16H,2-4,6,8,10-14H2,1H3,(H,20,23). The average molecular weight is 332 g/mol. The number of nitrogens with zero attached hydrogens (tertiary/aromatic N) is 3. The lowest BCUT2D eigenvalue weighted by molar-refractivity contribution is 0.125. The van der Waals surface area contributed by atoms with E-state index in [1.807, 2.05) is 24.0 Å². The van der Waals surface area contributed by atoms with Crippen LogP contribution in [-0.2, 0) is 6.54 Å². The van der Waals surface area contributed by atoms with E-state index in [2.05, 4.69) is 15.2 Å². The van der Waals surface area contributed by atoms with Crippen LogP contribution in [0.15, 0.2) is 18.3 Å². The molecule has 24 heavy (non-hydrogen) atoms. The first-order chi connectivity index (χ1) is 11.8. The van der Waals surface area contributed by atoms with Gasteiger partial charge in [-0.15, -0.1) is 0 Å². The van der Waals surface area contributed by atoms with Gasteiger partial charge in [0, 0.05) is 37.4 Å². The van der Waals surface area contributed by atoms with Crippen molar-refractivity contribution in [1.29, 1.82) is 0 Å². The summed E-state index contributed by atoms with van der Waals surface area (Å²) in [5.74, 6) is 0.605. The Bertz CT molecular complexity index is 546. The molecule has 2 aliphatic rings. The first kappa shape index (κ1) is 17.0. The van der Waals surface area contributed by atoms with Crippen molar-refractivity contribution in [2.45, 2.75) is 45.2 Å². The topological polar surface area (TPSA) is 57.7 Å². The maximum absolute atomic E-state index is 12.5. The Morgan fingerprint density at radius 3 is 2.96 bits per heavy atom. The first-order valence-electron chi connectivity index (χ1n) is 9.11. The molecule has 0 radical (unpaired) electrons.